The van der Waals surface area contributed by atoms with Gasteiger partial charge in [0.1, 0.15) is 0 Å². The van der Waals surface area contributed by atoms with Crippen molar-refractivity contribution in [2.24, 2.45) is 5.41 Å². The Kier molecular flexibility index (Phi) is 5.07. The molecule has 1 N–H and O–H groups in total. The third-order valence-corrected chi connectivity index (χ3v) is 3.12. The lowest BCUT2D eigenvalue weighted by atomic mass is 9.91. The fourth-order valence-corrected chi connectivity index (χ4v) is 2.10. The predicted octanol–water partition coefficient (Wildman–Crippen LogP) is 2.97. The van der Waals surface area contributed by atoms with Gasteiger partial charge in [-0.1, -0.05) is 20.8 Å². The van der Waals surface area contributed by atoms with Gasteiger partial charge in [0.2, 0.25) is 0 Å². The van der Waals surface area contributed by atoms with Gasteiger partial charge in [0.15, 0.2) is 0 Å². The highest BCUT2D eigenvalue weighted by molar-refractivity contribution is 4.79. The molecule has 15 heavy (non-hydrogen) atoms. The molecule has 0 saturated carbocycles. The summed E-state index contributed by atoms with van der Waals surface area (Å²) in [4.78, 5) is 0. The van der Waals surface area contributed by atoms with Crippen molar-refractivity contribution in [1.29, 1.82) is 0 Å². The van der Waals surface area contributed by atoms with Gasteiger partial charge in [0.05, 0.1) is 6.10 Å². The Bertz CT molecular complexity index is 168. The van der Waals surface area contributed by atoms with Gasteiger partial charge in [-0.2, -0.15) is 0 Å². The monoisotopic (exact) mass is 213 g/mol. The molecule has 0 spiro atoms. The maximum absolute atomic E-state index is 5.86. The highest BCUT2D eigenvalue weighted by Gasteiger charge is 2.21. The third-order valence-electron chi connectivity index (χ3n) is 3.12. The van der Waals surface area contributed by atoms with Crippen LogP contribution in [0.4, 0.5) is 0 Å². The van der Waals surface area contributed by atoms with E-state index in [1.165, 1.54) is 32.2 Å². The second-order valence-corrected chi connectivity index (χ2v) is 5.94. The molecule has 1 fully saturated rings. The van der Waals surface area contributed by atoms with E-state index < -0.39 is 0 Å². The summed E-state index contributed by atoms with van der Waals surface area (Å²) < 4.78 is 5.86. The lowest BCUT2D eigenvalue weighted by Crippen LogP contribution is -2.34. The molecule has 0 aromatic rings. The quantitative estimate of drug-likeness (QED) is 0.709. The molecule has 1 heterocycles. The highest BCUT2D eigenvalue weighted by atomic mass is 16.5. The number of hydrogen-bond donors (Lipinski definition) is 1. The summed E-state index contributed by atoms with van der Waals surface area (Å²) in [6.45, 7) is 11.1. The lowest BCUT2D eigenvalue weighted by molar-refractivity contribution is 0.0378. The molecule has 1 rings (SSSR count). The van der Waals surface area contributed by atoms with E-state index in [2.05, 4.69) is 33.0 Å². The molecule has 0 aliphatic carbocycles. The van der Waals surface area contributed by atoms with Crippen molar-refractivity contribution >= 4 is 0 Å². The molecule has 1 saturated heterocycles. The molecule has 2 atom stereocenters. The molecule has 2 nitrogen and oxygen atoms in total. The summed E-state index contributed by atoms with van der Waals surface area (Å²) in [6.07, 6.45) is 5.39. The average molecular weight is 213 g/mol. The summed E-state index contributed by atoms with van der Waals surface area (Å²) in [5.41, 5.74) is 0.443. The number of hydrogen-bond acceptors (Lipinski definition) is 2. The van der Waals surface area contributed by atoms with Crippen LogP contribution in [0.1, 0.15) is 53.4 Å². The van der Waals surface area contributed by atoms with E-state index in [0.29, 0.717) is 17.6 Å². The van der Waals surface area contributed by atoms with Crippen LogP contribution in [0.2, 0.25) is 0 Å². The van der Waals surface area contributed by atoms with Crippen LogP contribution >= 0.6 is 0 Å². The van der Waals surface area contributed by atoms with Crippen molar-refractivity contribution in [3.8, 4) is 0 Å². The van der Waals surface area contributed by atoms with Crippen LogP contribution in [0.5, 0.6) is 0 Å². The zero-order chi connectivity index (χ0) is 11.3. The molecule has 0 aromatic carbocycles. The Morgan fingerprint density at radius 1 is 1.40 bits per heavy atom. The van der Waals surface area contributed by atoms with Crippen LogP contribution in [-0.4, -0.2) is 25.3 Å². The summed E-state index contributed by atoms with van der Waals surface area (Å²) in [6, 6.07) is 0.597. The van der Waals surface area contributed by atoms with Crippen LogP contribution in [0.3, 0.4) is 0 Å². The van der Waals surface area contributed by atoms with Crippen LogP contribution in [0, 0.1) is 5.41 Å². The SMILES string of the molecule is CC(OCCCC(C)(C)C)[C@@H]1CCCN1. The van der Waals surface area contributed by atoms with Gasteiger partial charge >= 0.3 is 0 Å². The smallest absolute Gasteiger partial charge is 0.0699 e. The summed E-state index contributed by atoms with van der Waals surface area (Å²) >= 11 is 0. The Balaban J connectivity index is 2.04. The average Bonchev–Trinajstić information content (AvgIpc) is 2.63. The van der Waals surface area contributed by atoms with E-state index in [9.17, 15) is 0 Å². The van der Waals surface area contributed by atoms with E-state index in [1.807, 2.05) is 0 Å². The van der Waals surface area contributed by atoms with Crippen molar-refractivity contribution in [1.82, 2.24) is 5.32 Å². The zero-order valence-electron chi connectivity index (χ0n) is 10.8. The van der Waals surface area contributed by atoms with Gasteiger partial charge in [-0.05, 0) is 44.6 Å². The van der Waals surface area contributed by atoms with Crippen molar-refractivity contribution in [3.05, 3.63) is 0 Å². The van der Waals surface area contributed by atoms with E-state index in [0.717, 1.165) is 6.61 Å². The number of rotatable bonds is 5. The van der Waals surface area contributed by atoms with E-state index in [4.69, 9.17) is 4.74 Å². The molecular weight excluding hydrogens is 186 g/mol. The fourth-order valence-electron chi connectivity index (χ4n) is 2.10. The molecule has 0 aromatic heterocycles. The van der Waals surface area contributed by atoms with E-state index >= 15 is 0 Å². The zero-order valence-corrected chi connectivity index (χ0v) is 10.8. The first-order valence-electron chi connectivity index (χ1n) is 6.34. The van der Waals surface area contributed by atoms with Gasteiger partial charge in [0, 0.05) is 12.6 Å². The predicted molar refractivity (Wildman–Crippen MR) is 65.1 cm³/mol. The number of ether oxygens (including phenoxy) is 1. The van der Waals surface area contributed by atoms with Gasteiger partial charge in [-0.25, -0.2) is 0 Å². The minimum absolute atomic E-state index is 0.382. The van der Waals surface area contributed by atoms with Crippen molar-refractivity contribution in [2.45, 2.75) is 65.5 Å². The fraction of sp³-hybridized carbons (Fsp3) is 1.00. The minimum atomic E-state index is 0.382. The molecule has 1 aliphatic heterocycles. The molecule has 90 valence electrons. The molecule has 0 amide bonds. The van der Waals surface area contributed by atoms with E-state index in [1.54, 1.807) is 0 Å². The van der Waals surface area contributed by atoms with Gasteiger partial charge in [0.25, 0.3) is 0 Å². The Morgan fingerprint density at radius 2 is 2.13 bits per heavy atom. The minimum Gasteiger partial charge on any atom is -0.377 e. The Morgan fingerprint density at radius 3 is 2.67 bits per heavy atom. The van der Waals surface area contributed by atoms with E-state index in [-0.39, 0.29) is 0 Å². The molecular formula is C13H27NO. The molecule has 0 bridgehead atoms. The van der Waals surface area contributed by atoms with Gasteiger partial charge in [-0.3, -0.25) is 0 Å². The first-order chi connectivity index (χ1) is 6.99. The number of nitrogens with one attached hydrogen (secondary N) is 1. The van der Waals surface area contributed by atoms with Crippen LogP contribution in [0.15, 0.2) is 0 Å². The van der Waals surface area contributed by atoms with Crippen molar-refractivity contribution in [3.63, 3.8) is 0 Å². The first-order valence-corrected chi connectivity index (χ1v) is 6.34. The summed E-state index contributed by atoms with van der Waals surface area (Å²) in [5, 5.41) is 3.49. The maximum Gasteiger partial charge on any atom is 0.0699 e. The first kappa shape index (κ1) is 13.0. The van der Waals surface area contributed by atoms with Crippen LogP contribution < -0.4 is 5.32 Å². The highest BCUT2D eigenvalue weighted by Crippen LogP contribution is 2.20. The van der Waals surface area contributed by atoms with Crippen molar-refractivity contribution < 1.29 is 4.74 Å². The standard InChI is InChI=1S/C13H27NO/c1-11(12-7-5-9-14-12)15-10-6-8-13(2,3)4/h11-12,14H,5-10H2,1-4H3/t11?,12-/m0/s1. The van der Waals surface area contributed by atoms with Crippen LogP contribution in [-0.2, 0) is 4.74 Å². The van der Waals surface area contributed by atoms with Gasteiger partial charge in [-0.15, -0.1) is 0 Å². The Hall–Kier alpha value is -0.0800. The topological polar surface area (TPSA) is 21.3 Å². The van der Waals surface area contributed by atoms with Crippen molar-refractivity contribution in [2.75, 3.05) is 13.2 Å². The summed E-state index contributed by atoms with van der Waals surface area (Å²) in [7, 11) is 0. The molecule has 1 unspecified atom stereocenters. The molecule has 1 aliphatic rings. The second-order valence-electron chi connectivity index (χ2n) is 5.94. The lowest BCUT2D eigenvalue weighted by Gasteiger charge is -2.22. The largest absolute Gasteiger partial charge is 0.377 e. The Labute approximate surface area is 94.8 Å². The third kappa shape index (κ3) is 5.53. The van der Waals surface area contributed by atoms with Gasteiger partial charge < -0.3 is 10.1 Å². The summed E-state index contributed by atoms with van der Waals surface area (Å²) in [5.74, 6) is 0. The maximum atomic E-state index is 5.86. The molecule has 0 radical (unpaired) electrons. The second kappa shape index (κ2) is 5.86. The van der Waals surface area contributed by atoms with Crippen LogP contribution in [0.25, 0.3) is 0 Å². The normalized spacial score (nSPS) is 24.4. The molecule has 2 heteroatoms.